The molecule has 0 spiro atoms. The Morgan fingerprint density at radius 3 is 2.94 bits per heavy atom. The molecule has 5 heteroatoms. The summed E-state index contributed by atoms with van der Waals surface area (Å²) in [7, 11) is 0. The lowest BCUT2D eigenvalue weighted by atomic mass is 10.0. The van der Waals surface area contributed by atoms with E-state index in [-0.39, 0.29) is 11.0 Å². The summed E-state index contributed by atoms with van der Waals surface area (Å²) in [4.78, 5) is 15.3. The van der Waals surface area contributed by atoms with Crippen molar-refractivity contribution >= 4 is 22.4 Å². The summed E-state index contributed by atoms with van der Waals surface area (Å²) in [6.45, 7) is 0. The van der Waals surface area contributed by atoms with Crippen LogP contribution in [-0.2, 0) is 4.79 Å². The normalized spacial score (nSPS) is 16.6. The monoisotopic (exact) mass is 242 g/mol. The predicted octanol–water partition coefficient (Wildman–Crippen LogP) is 3.19. The summed E-state index contributed by atoms with van der Waals surface area (Å²) in [5, 5.41) is 2.60. The number of anilines is 1. The quantitative estimate of drug-likeness (QED) is 0.881. The van der Waals surface area contributed by atoms with Gasteiger partial charge in [0.15, 0.2) is 10.3 Å². The Kier molecular flexibility index (Phi) is 3.88. The largest absolute Gasteiger partial charge is 0.302 e. The summed E-state index contributed by atoms with van der Waals surface area (Å²) < 4.78 is 12.6. The van der Waals surface area contributed by atoms with Crippen LogP contribution in [0, 0.1) is 11.0 Å². The van der Waals surface area contributed by atoms with Crippen molar-refractivity contribution in [1.29, 1.82) is 0 Å². The number of aromatic nitrogens is 1. The molecule has 1 saturated carbocycles. The van der Waals surface area contributed by atoms with Crippen LogP contribution in [0.5, 0.6) is 0 Å². The van der Waals surface area contributed by atoms with Crippen LogP contribution in [0.3, 0.4) is 0 Å². The van der Waals surface area contributed by atoms with Crippen molar-refractivity contribution in [3.63, 3.8) is 0 Å². The number of carbonyl (C=O) groups excluding carboxylic acids is 1. The highest BCUT2D eigenvalue weighted by Crippen LogP contribution is 2.28. The van der Waals surface area contributed by atoms with E-state index in [0.29, 0.717) is 17.5 Å². The van der Waals surface area contributed by atoms with Crippen molar-refractivity contribution in [2.24, 2.45) is 5.92 Å². The highest BCUT2D eigenvalue weighted by Gasteiger charge is 2.16. The topological polar surface area (TPSA) is 42.0 Å². The van der Waals surface area contributed by atoms with Crippen molar-refractivity contribution in [3.8, 4) is 0 Å². The molecule has 1 aliphatic rings. The van der Waals surface area contributed by atoms with Gasteiger partial charge in [0.1, 0.15) is 0 Å². The average molecular weight is 242 g/mol. The fourth-order valence-electron chi connectivity index (χ4n) is 2.13. The van der Waals surface area contributed by atoms with Gasteiger partial charge >= 0.3 is 0 Å². The molecular weight excluding hydrogens is 227 g/mol. The fraction of sp³-hybridized carbons (Fsp3) is 0.636. The number of amides is 1. The highest BCUT2D eigenvalue weighted by molar-refractivity contribution is 7.14. The Labute approximate surface area is 98.1 Å². The first-order valence-corrected chi connectivity index (χ1v) is 6.47. The fourth-order valence-corrected chi connectivity index (χ4v) is 2.69. The van der Waals surface area contributed by atoms with Gasteiger partial charge in [-0.15, -0.1) is 0 Å². The summed E-state index contributed by atoms with van der Waals surface area (Å²) in [6.07, 6.45) is 7.68. The first kappa shape index (κ1) is 11.5. The maximum absolute atomic E-state index is 12.6. The standard InChI is InChI=1S/C11H15FN2OS/c12-9-7-13-11(16-9)14-10(15)6-5-8-3-1-2-4-8/h7-8H,1-6H2,(H,13,14,15). The summed E-state index contributed by atoms with van der Waals surface area (Å²) >= 11 is 0.864. The van der Waals surface area contributed by atoms with Gasteiger partial charge in [-0.1, -0.05) is 37.0 Å². The van der Waals surface area contributed by atoms with Gasteiger partial charge in [-0.05, 0) is 12.3 Å². The zero-order chi connectivity index (χ0) is 11.4. The average Bonchev–Trinajstić information content (AvgIpc) is 2.87. The summed E-state index contributed by atoms with van der Waals surface area (Å²) in [6, 6.07) is 0. The maximum Gasteiger partial charge on any atom is 0.226 e. The van der Waals surface area contributed by atoms with Crippen LogP contribution in [0.2, 0.25) is 0 Å². The van der Waals surface area contributed by atoms with Gasteiger partial charge in [0.05, 0.1) is 6.20 Å². The maximum atomic E-state index is 12.6. The summed E-state index contributed by atoms with van der Waals surface area (Å²) in [5.41, 5.74) is 0. The van der Waals surface area contributed by atoms with E-state index in [0.717, 1.165) is 24.0 Å². The Morgan fingerprint density at radius 2 is 2.31 bits per heavy atom. The second kappa shape index (κ2) is 5.39. The molecule has 1 fully saturated rings. The van der Waals surface area contributed by atoms with Crippen molar-refractivity contribution in [3.05, 3.63) is 11.3 Å². The minimum absolute atomic E-state index is 0.0544. The third-order valence-electron chi connectivity index (χ3n) is 2.98. The molecule has 0 unspecified atom stereocenters. The first-order chi connectivity index (χ1) is 7.74. The number of halogens is 1. The molecule has 0 atom stereocenters. The van der Waals surface area contributed by atoms with Gasteiger partial charge in [-0.2, -0.15) is 4.39 Å². The third kappa shape index (κ3) is 3.27. The Bertz CT molecular complexity index is 361. The minimum Gasteiger partial charge on any atom is -0.302 e. The van der Waals surface area contributed by atoms with Crippen molar-refractivity contribution < 1.29 is 9.18 Å². The molecule has 16 heavy (non-hydrogen) atoms. The number of nitrogens with zero attached hydrogens (tertiary/aromatic N) is 1. The van der Waals surface area contributed by atoms with E-state index < -0.39 is 0 Å². The molecule has 0 aliphatic heterocycles. The van der Waals surface area contributed by atoms with E-state index in [9.17, 15) is 9.18 Å². The zero-order valence-corrected chi connectivity index (χ0v) is 9.86. The lowest BCUT2D eigenvalue weighted by molar-refractivity contribution is -0.116. The van der Waals surface area contributed by atoms with E-state index in [2.05, 4.69) is 10.3 Å². The molecule has 0 bridgehead atoms. The van der Waals surface area contributed by atoms with E-state index in [1.807, 2.05) is 0 Å². The van der Waals surface area contributed by atoms with Crippen LogP contribution in [0.25, 0.3) is 0 Å². The molecule has 88 valence electrons. The van der Waals surface area contributed by atoms with Gasteiger partial charge < -0.3 is 5.32 Å². The molecular formula is C11H15FN2OS. The smallest absolute Gasteiger partial charge is 0.226 e. The van der Waals surface area contributed by atoms with Gasteiger partial charge in [-0.25, -0.2) is 4.98 Å². The van der Waals surface area contributed by atoms with Gasteiger partial charge in [0.2, 0.25) is 5.91 Å². The number of nitrogens with one attached hydrogen (secondary N) is 1. The van der Waals surface area contributed by atoms with Crippen LogP contribution in [0.4, 0.5) is 9.52 Å². The number of carbonyl (C=O) groups is 1. The molecule has 1 aromatic rings. The molecule has 2 rings (SSSR count). The molecule has 0 aromatic carbocycles. The van der Waals surface area contributed by atoms with Gasteiger partial charge in [0.25, 0.3) is 0 Å². The Hall–Kier alpha value is -0.970. The third-order valence-corrected chi connectivity index (χ3v) is 3.68. The second-order valence-electron chi connectivity index (χ2n) is 4.21. The van der Waals surface area contributed by atoms with Gasteiger partial charge in [-0.3, -0.25) is 4.79 Å². The van der Waals surface area contributed by atoms with Crippen LogP contribution in [0.1, 0.15) is 38.5 Å². The van der Waals surface area contributed by atoms with Crippen LogP contribution in [-0.4, -0.2) is 10.9 Å². The van der Waals surface area contributed by atoms with Crippen LogP contribution in [0.15, 0.2) is 6.20 Å². The van der Waals surface area contributed by atoms with Crippen molar-refractivity contribution in [2.75, 3.05) is 5.32 Å². The number of thiazole rings is 1. The van der Waals surface area contributed by atoms with E-state index >= 15 is 0 Å². The lowest BCUT2D eigenvalue weighted by Gasteiger charge is -2.07. The molecule has 1 aliphatic carbocycles. The second-order valence-corrected chi connectivity index (χ2v) is 5.19. The van der Waals surface area contributed by atoms with Crippen LogP contribution < -0.4 is 5.32 Å². The predicted molar refractivity (Wildman–Crippen MR) is 61.9 cm³/mol. The molecule has 1 aromatic heterocycles. The SMILES string of the molecule is O=C(CCC1CCCC1)Nc1ncc(F)s1. The number of rotatable bonds is 4. The molecule has 1 amide bonds. The Balaban J connectivity index is 1.71. The van der Waals surface area contributed by atoms with E-state index in [1.54, 1.807) is 0 Å². The Morgan fingerprint density at radius 1 is 1.56 bits per heavy atom. The molecule has 1 heterocycles. The van der Waals surface area contributed by atoms with E-state index in [4.69, 9.17) is 0 Å². The molecule has 1 N–H and O–H groups in total. The van der Waals surface area contributed by atoms with Crippen molar-refractivity contribution in [2.45, 2.75) is 38.5 Å². The van der Waals surface area contributed by atoms with Crippen LogP contribution >= 0.6 is 11.3 Å². The summed E-state index contributed by atoms with van der Waals surface area (Å²) in [5.74, 6) is 0.653. The molecule has 3 nitrogen and oxygen atoms in total. The molecule has 0 saturated heterocycles. The van der Waals surface area contributed by atoms with Crippen molar-refractivity contribution in [1.82, 2.24) is 4.98 Å². The van der Waals surface area contributed by atoms with E-state index in [1.165, 1.54) is 25.7 Å². The highest BCUT2D eigenvalue weighted by atomic mass is 32.1. The zero-order valence-electron chi connectivity index (χ0n) is 9.04. The first-order valence-electron chi connectivity index (χ1n) is 5.65. The number of hydrogen-bond acceptors (Lipinski definition) is 3. The lowest BCUT2D eigenvalue weighted by Crippen LogP contribution is -2.12. The van der Waals surface area contributed by atoms with Gasteiger partial charge in [0, 0.05) is 6.42 Å². The minimum atomic E-state index is -0.369. The number of hydrogen-bond donors (Lipinski definition) is 1. The molecule has 0 radical (unpaired) electrons.